The van der Waals surface area contributed by atoms with Crippen LogP contribution in [0.1, 0.15) is 16.8 Å². The molecule has 0 amide bonds. The summed E-state index contributed by atoms with van der Waals surface area (Å²) in [5.41, 5.74) is 3.09. The molecule has 0 aliphatic rings. The van der Waals surface area contributed by atoms with E-state index in [2.05, 4.69) is 5.10 Å². The molecule has 1 aromatic heterocycles. The minimum absolute atomic E-state index is 0.00270. The van der Waals surface area contributed by atoms with Crippen LogP contribution in [-0.4, -0.2) is 21.5 Å². The highest BCUT2D eigenvalue weighted by atomic mass is 16.5. The van der Waals surface area contributed by atoms with E-state index >= 15 is 0 Å². The average molecular weight is 246 g/mol. The Bertz CT molecular complexity index is 520. The molecule has 0 radical (unpaired) electrons. The van der Waals surface area contributed by atoms with Gasteiger partial charge in [-0.2, -0.15) is 5.10 Å². The van der Waals surface area contributed by atoms with Gasteiger partial charge in [-0.3, -0.25) is 4.68 Å². The molecule has 0 fully saturated rings. The minimum atomic E-state index is 0.00270. The normalized spacial score (nSPS) is 10.6. The molecule has 1 aromatic carbocycles. The van der Waals surface area contributed by atoms with E-state index in [0.717, 1.165) is 29.0 Å². The second kappa shape index (κ2) is 5.69. The first-order valence-corrected chi connectivity index (χ1v) is 6.01. The molecule has 1 N–H and O–H groups in total. The van der Waals surface area contributed by atoms with Gasteiger partial charge in [0.05, 0.1) is 13.2 Å². The predicted molar refractivity (Wildman–Crippen MR) is 69.5 cm³/mol. The van der Waals surface area contributed by atoms with Crippen LogP contribution in [0.3, 0.4) is 0 Å². The van der Waals surface area contributed by atoms with Gasteiger partial charge in [-0.1, -0.05) is 17.7 Å². The molecule has 96 valence electrons. The summed E-state index contributed by atoms with van der Waals surface area (Å²) in [6.45, 7) is 2.58. The summed E-state index contributed by atoms with van der Waals surface area (Å²) in [4.78, 5) is 0. The van der Waals surface area contributed by atoms with Crippen LogP contribution in [0.5, 0.6) is 5.75 Å². The molecule has 0 aliphatic heterocycles. The largest absolute Gasteiger partial charge is 0.493 e. The molecule has 0 bridgehead atoms. The molecule has 0 spiro atoms. The Kier molecular flexibility index (Phi) is 3.99. The fourth-order valence-corrected chi connectivity index (χ4v) is 1.88. The number of aromatic nitrogens is 2. The molecule has 2 aromatic rings. The van der Waals surface area contributed by atoms with Gasteiger partial charge < -0.3 is 9.84 Å². The summed E-state index contributed by atoms with van der Waals surface area (Å²) in [7, 11) is 1.92. The topological polar surface area (TPSA) is 47.3 Å². The number of aliphatic hydroxyl groups is 1. The number of nitrogens with zero attached hydrogens (tertiary/aromatic N) is 2. The zero-order chi connectivity index (χ0) is 13.0. The highest BCUT2D eigenvalue weighted by Gasteiger charge is 2.04. The van der Waals surface area contributed by atoms with E-state index in [1.54, 1.807) is 6.20 Å². The van der Waals surface area contributed by atoms with Crippen molar-refractivity contribution >= 4 is 0 Å². The fourth-order valence-electron chi connectivity index (χ4n) is 1.88. The third kappa shape index (κ3) is 2.90. The Labute approximate surface area is 107 Å². The Morgan fingerprint density at radius 3 is 2.83 bits per heavy atom. The molecule has 0 aliphatic carbocycles. The van der Waals surface area contributed by atoms with Gasteiger partial charge in [-0.05, 0) is 19.1 Å². The van der Waals surface area contributed by atoms with Crippen LogP contribution >= 0.6 is 0 Å². The summed E-state index contributed by atoms with van der Waals surface area (Å²) in [6, 6.07) is 7.81. The van der Waals surface area contributed by atoms with Crippen molar-refractivity contribution in [1.82, 2.24) is 9.78 Å². The van der Waals surface area contributed by atoms with Crippen molar-refractivity contribution in [3.05, 3.63) is 47.3 Å². The van der Waals surface area contributed by atoms with Crippen LogP contribution in [0.4, 0.5) is 0 Å². The molecule has 18 heavy (non-hydrogen) atoms. The van der Waals surface area contributed by atoms with Gasteiger partial charge in [0.1, 0.15) is 5.75 Å². The number of hydrogen-bond acceptors (Lipinski definition) is 3. The van der Waals surface area contributed by atoms with Gasteiger partial charge in [0.25, 0.3) is 0 Å². The SMILES string of the molecule is Cc1ccc(OCCc2ccnn2C)c(CO)c1. The minimum Gasteiger partial charge on any atom is -0.493 e. The van der Waals surface area contributed by atoms with Crippen molar-refractivity contribution in [2.45, 2.75) is 20.0 Å². The van der Waals surface area contributed by atoms with Crippen molar-refractivity contribution in [2.75, 3.05) is 6.61 Å². The second-order valence-corrected chi connectivity index (χ2v) is 4.31. The van der Waals surface area contributed by atoms with Crippen molar-refractivity contribution in [2.24, 2.45) is 7.05 Å². The lowest BCUT2D eigenvalue weighted by molar-refractivity contribution is 0.263. The molecule has 2 rings (SSSR count). The molecule has 0 unspecified atom stereocenters. The molecule has 0 atom stereocenters. The lowest BCUT2D eigenvalue weighted by atomic mass is 10.1. The monoisotopic (exact) mass is 246 g/mol. The molecular weight excluding hydrogens is 228 g/mol. The quantitative estimate of drug-likeness (QED) is 0.875. The molecule has 0 saturated carbocycles. The number of ether oxygens (including phenoxy) is 1. The first kappa shape index (κ1) is 12.6. The second-order valence-electron chi connectivity index (χ2n) is 4.31. The highest BCUT2D eigenvalue weighted by Crippen LogP contribution is 2.20. The average Bonchev–Trinajstić information content (AvgIpc) is 2.77. The van der Waals surface area contributed by atoms with Crippen LogP contribution < -0.4 is 4.74 Å². The Morgan fingerprint density at radius 2 is 2.17 bits per heavy atom. The molecule has 0 saturated heterocycles. The third-order valence-electron chi connectivity index (χ3n) is 2.92. The van der Waals surface area contributed by atoms with Crippen LogP contribution in [0.15, 0.2) is 30.5 Å². The van der Waals surface area contributed by atoms with Crippen molar-refractivity contribution in [1.29, 1.82) is 0 Å². The summed E-state index contributed by atoms with van der Waals surface area (Å²) in [5, 5.41) is 13.4. The van der Waals surface area contributed by atoms with Gasteiger partial charge in [0, 0.05) is 30.9 Å². The lowest BCUT2D eigenvalue weighted by Crippen LogP contribution is -2.07. The van der Waals surface area contributed by atoms with Gasteiger partial charge in [-0.15, -0.1) is 0 Å². The Morgan fingerprint density at radius 1 is 1.33 bits per heavy atom. The van der Waals surface area contributed by atoms with Crippen LogP contribution in [-0.2, 0) is 20.1 Å². The summed E-state index contributed by atoms with van der Waals surface area (Å²) < 4.78 is 7.55. The van der Waals surface area contributed by atoms with Crippen molar-refractivity contribution < 1.29 is 9.84 Å². The smallest absolute Gasteiger partial charge is 0.124 e. The number of aliphatic hydroxyl groups excluding tert-OH is 1. The number of rotatable bonds is 5. The highest BCUT2D eigenvalue weighted by molar-refractivity contribution is 5.36. The maximum absolute atomic E-state index is 9.28. The van der Waals surface area contributed by atoms with E-state index < -0.39 is 0 Å². The molecule has 4 nitrogen and oxygen atoms in total. The molecule has 1 heterocycles. The standard InChI is InChI=1S/C14H18N2O2/c1-11-3-4-14(12(9-11)10-17)18-8-6-13-5-7-15-16(13)2/h3-5,7,9,17H,6,8,10H2,1-2H3. The first-order chi connectivity index (χ1) is 8.70. The fraction of sp³-hybridized carbons (Fsp3) is 0.357. The first-order valence-electron chi connectivity index (χ1n) is 6.01. The maximum Gasteiger partial charge on any atom is 0.124 e. The van der Waals surface area contributed by atoms with Gasteiger partial charge in [0.2, 0.25) is 0 Å². The van der Waals surface area contributed by atoms with Crippen molar-refractivity contribution in [3.63, 3.8) is 0 Å². The van der Waals surface area contributed by atoms with Crippen molar-refractivity contribution in [3.8, 4) is 5.75 Å². The number of benzene rings is 1. The Balaban J connectivity index is 1.96. The van der Waals surface area contributed by atoms with E-state index in [0.29, 0.717) is 6.61 Å². The maximum atomic E-state index is 9.28. The summed E-state index contributed by atoms with van der Waals surface area (Å²) in [6.07, 6.45) is 2.58. The number of hydrogen-bond donors (Lipinski definition) is 1. The Hall–Kier alpha value is -1.81. The van der Waals surface area contributed by atoms with Crippen LogP contribution in [0.25, 0.3) is 0 Å². The summed E-state index contributed by atoms with van der Waals surface area (Å²) >= 11 is 0. The van der Waals surface area contributed by atoms with E-state index in [-0.39, 0.29) is 6.61 Å². The van der Waals surface area contributed by atoms with E-state index in [4.69, 9.17) is 4.74 Å². The zero-order valence-electron chi connectivity index (χ0n) is 10.8. The number of aryl methyl sites for hydroxylation is 2. The van der Waals surface area contributed by atoms with E-state index in [1.807, 2.05) is 42.9 Å². The van der Waals surface area contributed by atoms with Gasteiger partial charge >= 0.3 is 0 Å². The molecule has 4 heteroatoms. The van der Waals surface area contributed by atoms with E-state index in [9.17, 15) is 5.11 Å². The van der Waals surface area contributed by atoms with E-state index in [1.165, 1.54) is 0 Å². The van der Waals surface area contributed by atoms with Crippen LogP contribution in [0, 0.1) is 6.92 Å². The van der Waals surface area contributed by atoms with Gasteiger partial charge in [0.15, 0.2) is 0 Å². The van der Waals surface area contributed by atoms with Gasteiger partial charge in [-0.25, -0.2) is 0 Å². The third-order valence-corrected chi connectivity index (χ3v) is 2.92. The summed E-state index contributed by atoms with van der Waals surface area (Å²) in [5.74, 6) is 0.755. The lowest BCUT2D eigenvalue weighted by Gasteiger charge is -2.11. The van der Waals surface area contributed by atoms with Crippen LogP contribution in [0.2, 0.25) is 0 Å². The predicted octanol–water partition coefficient (Wildman–Crippen LogP) is 1.84. The zero-order valence-corrected chi connectivity index (χ0v) is 10.8. The molecular formula is C14H18N2O2.